The minimum absolute atomic E-state index is 0.392. The van der Waals surface area contributed by atoms with Crippen molar-refractivity contribution in [2.75, 3.05) is 6.61 Å². The number of aromatic amines is 1. The van der Waals surface area contributed by atoms with Gasteiger partial charge >= 0.3 is 5.69 Å². The van der Waals surface area contributed by atoms with Gasteiger partial charge in [-0.1, -0.05) is 0 Å². The number of aromatic nitrogens is 2. The first kappa shape index (κ1) is 16.8. The van der Waals surface area contributed by atoms with E-state index in [0.29, 0.717) is 0 Å². The van der Waals surface area contributed by atoms with Crippen molar-refractivity contribution >= 4 is 29.7 Å². The maximum atomic E-state index is 11.6. The van der Waals surface area contributed by atoms with Crippen LogP contribution in [0.25, 0.3) is 0 Å². The molecule has 0 radical (unpaired) electrons. The van der Waals surface area contributed by atoms with Gasteiger partial charge in [-0.25, -0.2) is 4.79 Å². The van der Waals surface area contributed by atoms with E-state index in [2.05, 4.69) is 24.1 Å². The number of nitrogens with one attached hydrogen (secondary N) is 1. The topological polar surface area (TPSA) is 137 Å². The number of ether oxygens (including phenoxy) is 1. The van der Waals surface area contributed by atoms with Crippen molar-refractivity contribution < 1.29 is 24.4 Å². The minimum atomic E-state index is -3.59. The van der Waals surface area contributed by atoms with Crippen LogP contribution in [0.4, 0.5) is 0 Å². The Hall–Kier alpha value is -0.520. The first-order valence-electron chi connectivity index (χ1n) is 5.69. The lowest BCUT2D eigenvalue weighted by molar-refractivity contribution is -0.178. The second-order valence-electron chi connectivity index (χ2n) is 4.31. The van der Waals surface area contributed by atoms with Crippen LogP contribution >= 0.6 is 5.69 Å². The Morgan fingerprint density at radius 2 is 2.19 bits per heavy atom. The van der Waals surface area contributed by atoms with Crippen LogP contribution in [-0.2, 0) is 33.3 Å². The Balaban J connectivity index is 2.18. The summed E-state index contributed by atoms with van der Waals surface area (Å²) in [5.74, 6) is 0. The highest BCUT2D eigenvalue weighted by Crippen LogP contribution is 2.36. The molecular formula is C9H11N2O7PS2-2. The summed E-state index contributed by atoms with van der Waals surface area (Å²) >= 11 is 8.80. The molecule has 0 bridgehead atoms. The molecule has 0 aromatic carbocycles. The quantitative estimate of drug-likeness (QED) is 0.390. The third kappa shape index (κ3) is 4.02. The fraction of sp³-hybridized carbons (Fsp3) is 0.556. The molecule has 1 aliphatic rings. The molecule has 1 aromatic rings. The molecule has 2 unspecified atom stereocenters. The average molecular weight is 354 g/mol. The van der Waals surface area contributed by atoms with Crippen LogP contribution in [0.15, 0.2) is 21.9 Å². The second kappa shape index (κ2) is 6.31. The van der Waals surface area contributed by atoms with E-state index < -0.39 is 48.1 Å². The zero-order valence-electron chi connectivity index (χ0n) is 10.3. The second-order valence-corrected chi connectivity index (χ2v) is 9.04. The van der Waals surface area contributed by atoms with Gasteiger partial charge < -0.3 is 36.6 Å². The average Bonchev–Trinajstić information content (AvgIpc) is 2.64. The molecule has 1 aliphatic heterocycles. The molecule has 118 valence electrons. The third-order valence-corrected chi connectivity index (χ3v) is 3.96. The Morgan fingerprint density at radius 1 is 1.52 bits per heavy atom. The maximum absolute atomic E-state index is 11.6. The lowest BCUT2D eigenvalue weighted by Gasteiger charge is -2.36. The Labute approximate surface area is 128 Å². The number of aliphatic hydroxyl groups is 2. The smallest absolute Gasteiger partial charge is 0.330 e. The van der Waals surface area contributed by atoms with Gasteiger partial charge in [0.2, 0.25) is 0 Å². The number of hydrogen-bond donors (Lipinski definition) is 3. The molecule has 0 aliphatic carbocycles. The largest absolute Gasteiger partial charge is 0.819 e. The van der Waals surface area contributed by atoms with Crippen LogP contribution < -0.4 is 16.1 Å². The van der Waals surface area contributed by atoms with E-state index in [-0.39, 0.29) is 0 Å². The summed E-state index contributed by atoms with van der Waals surface area (Å²) in [5.41, 5.74) is -5.01. The van der Waals surface area contributed by atoms with Gasteiger partial charge in [-0.05, 0) is 0 Å². The summed E-state index contributed by atoms with van der Waals surface area (Å²) in [7, 11) is 0. The predicted molar refractivity (Wildman–Crippen MR) is 74.8 cm³/mol. The summed E-state index contributed by atoms with van der Waals surface area (Å²) in [6.45, 7) is -0.392. The molecule has 21 heavy (non-hydrogen) atoms. The van der Waals surface area contributed by atoms with E-state index in [1.165, 1.54) is 0 Å². The molecule has 9 nitrogen and oxygen atoms in total. The van der Waals surface area contributed by atoms with Crippen molar-refractivity contribution in [3.63, 3.8) is 0 Å². The maximum Gasteiger partial charge on any atom is 0.330 e. The molecule has 0 amide bonds. The van der Waals surface area contributed by atoms with Gasteiger partial charge in [0.05, 0.1) is 6.61 Å². The molecule has 2 rings (SSSR count). The van der Waals surface area contributed by atoms with E-state index in [4.69, 9.17) is 9.26 Å². The Kier molecular flexibility index (Phi) is 5.06. The van der Waals surface area contributed by atoms with Gasteiger partial charge in [0.25, 0.3) is 5.56 Å². The molecular weight excluding hydrogens is 343 g/mol. The highest BCUT2D eigenvalue weighted by atomic mass is 32.9. The number of rotatable bonds is 4. The molecule has 12 heteroatoms. The summed E-state index contributed by atoms with van der Waals surface area (Å²) < 4.78 is 10.9. The van der Waals surface area contributed by atoms with Crippen molar-refractivity contribution in [1.82, 2.24) is 9.55 Å². The monoisotopic (exact) mass is 354 g/mol. The molecule has 0 spiro atoms. The van der Waals surface area contributed by atoms with Crippen LogP contribution in [0.2, 0.25) is 0 Å². The van der Waals surface area contributed by atoms with E-state index in [9.17, 15) is 24.7 Å². The molecule has 2 heterocycles. The lowest BCUT2D eigenvalue weighted by atomic mass is 10.1. The first-order valence-corrected chi connectivity index (χ1v) is 9.34. The van der Waals surface area contributed by atoms with Gasteiger partial charge in [-0.3, -0.25) is 14.3 Å². The summed E-state index contributed by atoms with van der Waals surface area (Å²) in [5, 5.41) is 19.7. The number of hydrogen-bond acceptors (Lipinski definition) is 9. The first-order chi connectivity index (χ1) is 9.69. The molecule has 1 saturated heterocycles. The fourth-order valence-electron chi connectivity index (χ4n) is 1.89. The summed E-state index contributed by atoms with van der Waals surface area (Å²) in [6.07, 6.45) is -4.02. The van der Waals surface area contributed by atoms with Crippen molar-refractivity contribution in [1.29, 1.82) is 0 Å². The van der Waals surface area contributed by atoms with Crippen molar-refractivity contribution in [2.45, 2.75) is 24.5 Å². The zero-order chi connectivity index (χ0) is 15.8. The van der Waals surface area contributed by atoms with Crippen LogP contribution in [-0.4, -0.2) is 44.7 Å². The van der Waals surface area contributed by atoms with E-state index in [1.54, 1.807) is 0 Å². The molecule has 3 N–H and O–H groups in total. The SMILES string of the molecule is O=c1ccn([C@@H]2O[C@H](COP([O-])(=S)[S-])[C@H](O)C2O)c(=O)[nH]1. The van der Waals surface area contributed by atoms with Crippen molar-refractivity contribution in [3.05, 3.63) is 33.1 Å². The van der Waals surface area contributed by atoms with Crippen LogP contribution in [0.1, 0.15) is 6.23 Å². The Bertz CT molecular complexity index is 671. The van der Waals surface area contributed by atoms with E-state index >= 15 is 0 Å². The standard InChI is InChI=1S/C9H13N2O7PS2/c12-5-1-2-11(9(15)10-5)8-7(14)6(13)4(18-8)3-17-19(16,20)21/h1-2,4,6-8,13-14H,3H2,(H,10,12,15)(H2,16,20,21)/p-2/t4-,6+,7?,8-/m1/s1. The van der Waals surface area contributed by atoms with Crippen LogP contribution in [0.3, 0.4) is 0 Å². The van der Waals surface area contributed by atoms with Gasteiger partial charge in [-0.2, -0.15) is 0 Å². The number of aliphatic hydroxyl groups excluding tert-OH is 2. The molecule has 5 atom stereocenters. The van der Waals surface area contributed by atoms with Crippen LogP contribution in [0, 0.1) is 0 Å². The van der Waals surface area contributed by atoms with Gasteiger partial charge in [0, 0.05) is 12.3 Å². The van der Waals surface area contributed by atoms with Crippen LogP contribution in [0.5, 0.6) is 0 Å². The number of H-pyrrole nitrogens is 1. The molecule has 0 saturated carbocycles. The highest BCUT2D eigenvalue weighted by molar-refractivity contribution is 8.50. The summed E-state index contributed by atoms with van der Waals surface area (Å²) in [4.78, 5) is 35.7. The van der Waals surface area contributed by atoms with Gasteiger partial charge in [0.15, 0.2) is 6.23 Å². The fourth-order valence-corrected chi connectivity index (χ4v) is 2.58. The van der Waals surface area contributed by atoms with Crippen molar-refractivity contribution in [2.24, 2.45) is 0 Å². The van der Waals surface area contributed by atoms with E-state index in [0.717, 1.165) is 16.8 Å². The predicted octanol–water partition coefficient (Wildman–Crippen LogP) is -2.70. The van der Waals surface area contributed by atoms with E-state index in [1.807, 2.05) is 4.98 Å². The normalized spacial score (nSPS) is 32.0. The van der Waals surface area contributed by atoms with Crippen molar-refractivity contribution in [3.8, 4) is 0 Å². The number of nitrogens with zero attached hydrogens (tertiary/aromatic N) is 1. The highest BCUT2D eigenvalue weighted by Gasteiger charge is 2.44. The lowest BCUT2D eigenvalue weighted by Crippen LogP contribution is -2.37. The molecule has 1 aromatic heterocycles. The van der Waals surface area contributed by atoms with Gasteiger partial charge in [-0.15, -0.1) is 17.5 Å². The minimum Gasteiger partial charge on any atom is -0.819 e. The Morgan fingerprint density at radius 3 is 2.76 bits per heavy atom. The van der Waals surface area contributed by atoms with Gasteiger partial charge in [0.1, 0.15) is 18.3 Å². The summed E-state index contributed by atoms with van der Waals surface area (Å²) in [6, 6.07) is 1.06. The third-order valence-electron chi connectivity index (χ3n) is 2.86. The zero-order valence-corrected chi connectivity index (χ0v) is 12.8. The molecule has 1 fully saturated rings.